The van der Waals surface area contributed by atoms with E-state index < -0.39 is 0 Å². The standard InChI is InChI=1S/C20H25N7O2/c1-4-26(12-15-8-6-5-7-9-15)18(29)11-22-17(28)10-16-13(2)23-20-24-19(21)25-27(20)14(16)3/h5-9H,4,10-12H2,1-3H3,(H2,21,25)(H,22,28). The summed E-state index contributed by atoms with van der Waals surface area (Å²) in [6.45, 7) is 6.59. The van der Waals surface area contributed by atoms with Crippen LogP contribution in [0.3, 0.4) is 0 Å². The summed E-state index contributed by atoms with van der Waals surface area (Å²) in [4.78, 5) is 35.1. The van der Waals surface area contributed by atoms with E-state index in [2.05, 4.69) is 20.4 Å². The highest BCUT2D eigenvalue weighted by Crippen LogP contribution is 2.14. The average molecular weight is 395 g/mol. The molecule has 0 spiro atoms. The van der Waals surface area contributed by atoms with Gasteiger partial charge in [0.05, 0.1) is 13.0 Å². The first-order chi connectivity index (χ1) is 13.9. The number of aryl methyl sites for hydroxylation is 2. The molecule has 9 heteroatoms. The van der Waals surface area contributed by atoms with Crippen molar-refractivity contribution in [2.45, 2.75) is 33.7 Å². The molecule has 2 amide bonds. The van der Waals surface area contributed by atoms with Crippen LogP contribution in [0.15, 0.2) is 30.3 Å². The van der Waals surface area contributed by atoms with Crippen molar-refractivity contribution in [3.63, 3.8) is 0 Å². The number of hydrogen-bond acceptors (Lipinski definition) is 6. The molecule has 0 aliphatic rings. The average Bonchev–Trinajstić information content (AvgIpc) is 3.08. The van der Waals surface area contributed by atoms with Crippen LogP contribution in [-0.4, -0.2) is 49.4 Å². The van der Waals surface area contributed by atoms with Gasteiger partial charge in [0.2, 0.25) is 17.8 Å². The number of amides is 2. The Labute approximate surface area is 168 Å². The third-order valence-electron chi connectivity index (χ3n) is 4.79. The SMILES string of the molecule is CCN(Cc1ccccc1)C(=O)CNC(=O)Cc1c(C)nc2nc(N)nn2c1C. The summed E-state index contributed by atoms with van der Waals surface area (Å²) in [6, 6.07) is 9.76. The van der Waals surface area contributed by atoms with E-state index in [4.69, 9.17) is 5.73 Å². The quantitative estimate of drug-likeness (QED) is 0.617. The van der Waals surface area contributed by atoms with Gasteiger partial charge in [0.25, 0.3) is 5.78 Å². The van der Waals surface area contributed by atoms with E-state index in [9.17, 15) is 9.59 Å². The zero-order valence-electron chi connectivity index (χ0n) is 16.8. The highest BCUT2D eigenvalue weighted by molar-refractivity contribution is 5.86. The predicted octanol–water partition coefficient (Wildman–Crippen LogP) is 1.03. The molecule has 3 aromatic rings. The van der Waals surface area contributed by atoms with E-state index in [0.717, 1.165) is 16.8 Å². The lowest BCUT2D eigenvalue weighted by atomic mass is 10.1. The molecule has 9 nitrogen and oxygen atoms in total. The molecule has 0 radical (unpaired) electrons. The van der Waals surface area contributed by atoms with Crippen LogP contribution >= 0.6 is 0 Å². The molecule has 0 atom stereocenters. The molecule has 0 unspecified atom stereocenters. The maximum atomic E-state index is 12.5. The summed E-state index contributed by atoms with van der Waals surface area (Å²) in [6.07, 6.45) is 0.0957. The third-order valence-corrected chi connectivity index (χ3v) is 4.79. The number of nitrogens with one attached hydrogen (secondary N) is 1. The van der Waals surface area contributed by atoms with Gasteiger partial charge in [-0.15, -0.1) is 5.10 Å². The Hall–Kier alpha value is -3.49. The zero-order valence-corrected chi connectivity index (χ0v) is 16.8. The monoisotopic (exact) mass is 395 g/mol. The van der Waals surface area contributed by atoms with E-state index >= 15 is 0 Å². The lowest BCUT2D eigenvalue weighted by Gasteiger charge is -2.21. The number of carbonyl (C=O) groups is 2. The van der Waals surface area contributed by atoms with Crippen LogP contribution in [0.25, 0.3) is 5.78 Å². The number of hydrogen-bond donors (Lipinski definition) is 2. The van der Waals surface area contributed by atoms with Crippen LogP contribution in [0, 0.1) is 13.8 Å². The molecule has 3 N–H and O–H groups in total. The van der Waals surface area contributed by atoms with Crippen molar-refractivity contribution in [3.05, 3.63) is 52.8 Å². The van der Waals surface area contributed by atoms with Gasteiger partial charge < -0.3 is 16.0 Å². The fourth-order valence-electron chi connectivity index (χ4n) is 3.17. The number of nitrogens with two attached hydrogens (primary N) is 1. The smallest absolute Gasteiger partial charge is 0.254 e. The van der Waals surface area contributed by atoms with Crippen LogP contribution in [0.1, 0.15) is 29.4 Å². The fraction of sp³-hybridized carbons (Fsp3) is 0.350. The van der Waals surface area contributed by atoms with E-state index in [0.29, 0.717) is 24.6 Å². The van der Waals surface area contributed by atoms with Gasteiger partial charge in [-0.05, 0) is 26.3 Å². The van der Waals surface area contributed by atoms with Crippen LogP contribution in [0.5, 0.6) is 0 Å². The molecular weight excluding hydrogens is 370 g/mol. The minimum atomic E-state index is -0.255. The number of nitrogens with zero attached hydrogens (tertiary/aromatic N) is 5. The van der Waals surface area contributed by atoms with E-state index in [1.165, 1.54) is 4.52 Å². The van der Waals surface area contributed by atoms with Crippen LogP contribution in [0.2, 0.25) is 0 Å². The summed E-state index contributed by atoms with van der Waals surface area (Å²) in [5.41, 5.74) is 8.85. The number of carbonyl (C=O) groups excluding carboxylic acids is 2. The second kappa shape index (κ2) is 8.68. The van der Waals surface area contributed by atoms with Gasteiger partial charge in [-0.25, -0.2) is 4.98 Å². The molecule has 152 valence electrons. The van der Waals surface area contributed by atoms with Gasteiger partial charge in [-0.2, -0.15) is 9.50 Å². The first kappa shape index (κ1) is 20.2. The minimum absolute atomic E-state index is 0.0520. The zero-order chi connectivity index (χ0) is 21.0. The van der Waals surface area contributed by atoms with Crippen LogP contribution < -0.4 is 11.1 Å². The second-order valence-electron chi connectivity index (χ2n) is 6.79. The van der Waals surface area contributed by atoms with Crippen molar-refractivity contribution in [1.29, 1.82) is 0 Å². The van der Waals surface area contributed by atoms with Crippen molar-refractivity contribution >= 4 is 23.5 Å². The van der Waals surface area contributed by atoms with Gasteiger partial charge in [0.1, 0.15) is 0 Å². The summed E-state index contributed by atoms with van der Waals surface area (Å²) in [5, 5.41) is 6.81. The summed E-state index contributed by atoms with van der Waals surface area (Å²) in [5.74, 6) is 0.145. The first-order valence-electron chi connectivity index (χ1n) is 9.45. The molecule has 1 aromatic carbocycles. The number of fused-ring (bicyclic) bond motifs is 1. The highest BCUT2D eigenvalue weighted by atomic mass is 16.2. The van der Waals surface area contributed by atoms with Gasteiger partial charge in [-0.3, -0.25) is 9.59 Å². The summed E-state index contributed by atoms with van der Waals surface area (Å²) in [7, 11) is 0. The molecule has 0 aliphatic heterocycles. The number of aromatic nitrogens is 4. The lowest BCUT2D eigenvalue weighted by molar-refractivity contribution is -0.133. The predicted molar refractivity (Wildman–Crippen MR) is 109 cm³/mol. The van der Waals surface area contributed by atoms with Crippen LogP contribution in [-0.2, 0) is 22.6 Å². The molecule has 3 rings (SSSR count). The molecule has 2 heterocycles. The van der Waals surface area contributed by atoms with E-state index in [1.807, 2.05) is 51.1 Å². The summed E-state index contributed by atoms with van der Waals surface area (Å²) < 4.78 is 1.52. The van der Waals surface area contributed by atoms with Gasteiger partial charge in [0.15, 0.2) is 0 Å². The van der Waals surface area contributed by atoms with Gasteiger partial charge in [0, 0.05) is 30.0 Å². The Morgan fingerprint density at radius 3 is 2.59 bits per heavy atom. The Balaban J connectivity index is 1.62. The largest absolute Gasteiger partial charge is 0.366 e. The second-order valence-corrected chi connectivity index (χ2v) is 6.79. The van der Waals surface area contributed by atoms with Crippen molar-refractivity contribution in [3.8, 4) is 0 Å². The first-order valence-corrected chi connectivity index (χ1v) is 9.45. The normalized spacial score (nSPS) is 10.9. The minimum Gasteiger partial charge on any atom is -0.366 e. The number of benzene rings is 1. The molecule has 0 bridgehead atoms. The Morgan fingerprint density at radius 1 is 1.17 bits per heavy atom. The van der Waals surface area contributed by atoms with Crippen LogP contribution in [0.4, 0.5) is 5.95 Å². The van der Waals surface area contributed by atoms with Gasteiger partial charge >= 0.3 is 0 Å². The molecular formula is C20H25N7O2. The molecule has 2 aromatic heterocycles. The van der Waals surface area contributed by atoms with Crippen molar-refractivity contribution in [2.75, 3.05) is 18.8 Å². The molecule has 0 saturated carbocycles. The Morgan fingerprint density at radius 2 is 1.90 bits per heavy atom. The Kier molecular flexibility index (Phi) is 6.06. The maximum absolute atomic E-state index is 12.5. The maximum Gasteiger partial charge on any atom is 0.254 e. The Bertz CT molecular complexity index is 1030. The number of anilines is 1. The van der Waals surface area contributed by atoms with E-state index in [1.54, 1.807) is 4.90 Å². The molecule has 0 fully saturated rings. The molecule has 29 heavy (non-hydrogen) atoms. The summed E-state index contributed by atoms with van der Waals surface area (Å²) >= 11 is 0. The highest BCUT2D eigenvalue weighted by Gasteiger charge is 2.17. The topological polar surface area (TPSA) is 119 Å². The molecule has 0 saturated heterocycles. The van der Waals surface area contributed by atoms with Crippen molar-refractivity contribution in [1.82, 2.24) is 29.8 Å². The van der Waals surface area contributed by atoms with E-state index in [-0.39, 0.29) is 30.7 Å². The number of rotatable bonds is 7. The third kappa shape index (κ3) is 4.68. The van der Waals surface area contributed by atoms with Crippen molar-refractivity contribution < 1.29 is 9.59 Å². The fourth-order valence-corrected chi connectivity index (χ4v) is 3.17. The lowest BCUT2D eigenvalue weighted by Crippen LogP contribution is -2.40. The van der Waals surface area contributed by atoms with Gasteiger partial charge in [-0.1, -0.05) is 30.3 Å². The van der Waals surface area contributed by atoms with Crippen molar-refractivity contribution in [2.24, 2.45) is 0 Å². The number of nitrogen functional groups attached to an aromatic ring is 1. The molecule has 0 aliphatic carbocycles. The number of likely N-dealkylation sites (N-methyl/N-ethyl adjacent to an activating group) is 1.